The fourth-order valence-electron chi connectivity index (χ4n) is 2.24. The molecule has 3 aromatic rings. The molecule has 0 spiro atoms. The Labute approximate surface area is 163 Å². The van der Waals surface area contributed by atoms with Crippen LogP contribution in [0, 0.1) is 3.57 Å². The summed E-state index contributed by atoms with van der Waals surface area (Å²) >= 11 is 3.72. The van der Waals surface area contributed by atoms with Crippen molar-refractivity contribution in [3.8, 4) is 11.5 Å². The summed E-state index contributed by atoms with van der Waals surface area (Å²) in [5, 5.41) is 15.1. The number of rotatable bonds is 5. The normalized spacial score (nSPS) is 11.6. The van der Waals surface area contributed by atoms with E-state index in [0.717, 1.165) is 15.8 Å². The molecular weight excluding hydrogens is 451 g/mol. The minimum absolute atomic E-state index is 0.130. The Hall–Kier alpha value is -1.94. The van der Waals surface area contributed by atoms with Gasteiger partial charge in [-0.2, -0.15) is 5.10 Å². The largest absolute Gasteiger partial charge is 0.504 e. The number of ether oxygens (including phenoxy) is 1. The van der Waals surface area contributed by atoms with E-state index in [0.29, 0.717) is 21.1 Å². The minimum Gasteiger partial charge on any atom is -0.504 e. The van der Waals surface area contributed by atoms with Crippen LogP contribution >= 0.6 is 33.9 Å². The number of phenols is 1. The number of hydrogen-bond donors (Lipinski definition) is 2. The van der Waals surface area contributed by atoms with E-state index < -0.39 is 0 Å². The molecule has 2 N–H and O–H groups in total. The lowest BCUT2D eigenvalue weighted by molar-refractivity contribution is 0.371. The number of aromatic nitrogens is 2. The Kier molecular flexibility index (Phi) is 5.38. The first kappa shape index (κ1) is 17.9. The van der Waals surface area contributed by atoms with Crippen LogP contribution in [0.3, 0.4) is 0 Å². The van der Waals surface area contributed by atoms with E-state index in [1.165, 1.54) is 18.3 Å². The standard InChI is InChI=1S/C17H17IN4O2S/c1-9(2)14-6-11-16(19-8-20-17(11)25-14)22-21-7-10-4-12(18)15(23)13(5-10)24-3/h4-9,23H,1-3H3,(H,19,20,22). The first-order chi connectivity index (χ1) is 12.0. The second-order valence-electron chi connectivity index (χ2n) is 5.67. The van der Waals surface area contributed by atoms with Crippen molar-refractivity contribution in [1.82, 2.24) is 9.97 Å². The molecule has 0 amide bonds. The van der Waals surface area contributed by atoms with Crippen molar-refractivity contribution in [3.05, 3.63) is 38.5 Å². The molecule has 0 saturated heterocycles. The van der Waals surface area contributed by atoms with E-state index >= 15 is 0 Å². The number of aromatic hydroxyl groups is 1. The van der Waals surface area contributed by atoms with Gasteiger partial charge in [0.05, 0.1) is 22.3 Å². The zero-order valence-electron chi connectivity index (χ0n) is 13.9. The fourth-order valence-corrected chi connectivity index (χ4v) is 3.87. The number of nitrogens with one attached hydrogen (secondary N) is 1. The maximum absolute atomic E-state index is 9.88. The van der Waals surface area contributed by atoms with E-state index in [-0.39, 0.29) is 5.75 Å². The Balaban J connectivity index is 1.85. The van der Waals surface area contributed by atoms with Crippen molar-refractivity contribution >= 4 is 56.2 Å². The van der Waals surface area contributed by atoms with Crippen LogP contribution in [0.5, 0.6) is 11.5 Å². The second-order valence-corrected chi connectivity index (χ2v) is 7.89. The number of halogens is 1. The molecule has 8 heteroatoms. The molecule has 0 aliphatic heterocycles. The summed E-state index contributed by atoms with van der Waals surface area (Å²) in [5.41, 5.74) is 3.79. The monoisotopic (exact) mass is 468 g/mol. The summed E-state index contributed by atoms with van der Waals surface area (Å²) in [7, 11) is 1.52. The number of anilines is 1. The zero-order chi connectivity index (χ0) is 18.0. The number of nitrogens with zero attached hydrogens (tertiary/aromatic N) is 3. The van der Waals surface area contributed by atoms with Crippen LogP contribution in [-0.2, 0) is 0 Å². The van der Waals surface area contributed by atoms with Crippen LogP contribution in [-0.4, -0.2) is 28.4 Å². The summed E-state index contributed by atoms with van der Waals surface area (Å²) in [6, 6.07) is 5.65. The molecule has 25 heavy (non-hydrogen) atoms. The Morgan fingerprint density at radius 1 is 1.32 bits per heavy atom. The van der Waals surface area contributed by atoms with E-state index in [1.54, 1.807) is 23.6 Å². The highest BCUT2D eigenvalue weighted by atomic mass is 127. The highest BCUT2D eigenvalue weighted by Gasteiger charge is 2.11. The summed E-state index contributed by atoms with van der Waals surface area (Å²) in [6.45, 7) is 4.31. The summed E-state index contributed by atoms with van der Waals surface area (Å²) in [5.74, 6) is 1.66. The van der Waals surface area contributed by atoms with Gasteiger partial charge in [-0.1, -0.05) is 13.8 Å². The molecule has 0 saturated carbocycles. The average molecular weight is 468 g/mol. The fraction of sp³-hybridized carbons (Fsp3) is 0.235. The Bertz CT molecular complexity index is 940. The van der Waals surface area contributed by atoms with Gasteiger partial charge in [0, 0.05) is 4.88 Å². The number of phenolic OH excluding ortho intramolecular Hbond substituents is 1. The number of fused-ring (bicyclic) bond motifs is 1. The second kappa shape index (κ2) is 7.52. The topological polar surface area (TPSA) is 79.6 Å². The lowest BCUT2D eigenvalue weighted by Crippen LogP contribution is -1.95. The van der Waals surface area contributed by atoms with Crippen LogP contribution in [0.1, 0.15) is 30.2 Å². The molecule has 130 valence electrons. The van der Waals surface area contributed by atoms with Gasteiger partial charge in [-0.15, -0.1) is 11.3 Å². The van der Waals surface area contributed by atoms with Crippen LogP contribution in [0.4, 0.5) is 5.82 Å². The van der Waals surface area contributed by atoms with Crippen molar-refractivity contribution in [3.63, 3.8) is 0 Å². The number of benzene rings is 1. The van der Waals surface area contributed by atoms with E-state index in [4.69, 9.17) is 4.74 Å². The van der Waals surface area contributed by atoms with Crippen LogP contribution in [0.15, 0.2) is 29.6 Å². The molecule has 0 bridgehead atoms. The van der Waals surface area contributed by atoms with Gasteiger partial charge in [0.25, 0.3) is 0 Å². The van der Waals surface area contributed by atoms with E-state index in [9.17, 15) is 5.11 Å². The van der Waals surface area contributed by atoms with Crippen molar-refractivity contribution in [1.29, 1.82) is 0 Å². The molecule has 0 radical (unpaired) electrons. The first-order valence-corrected chi connectivity index (χ1v) is 9.49. The molecule has 3 rings (SSSR count). The van der Waals surface area contributed by atoms with Gasteiger partial charge in [-0.25, -0.2) is 9.97 Å². The SMILES string of the molecule is COc1cc(C=NNc2ncnc3sc(C(C)C)cc23)cc(I)c1O. The van der Waals surface area contributed by atoms with Gasteiger partial charge in [0.15, 0.2) is 17.3 Å². The average Bonchev–Trinajstić information content (AvgIpc) is 3.03. The molecule has 6 nitrogen and oxygen atoms in total. The maximum Gasteiger partial charge on any atom is 0.171 e. The molecule has 1 aromatic carbocycles. The number of hydrazone groups is 1. The Morgan fingerprint density at radius 2 is 2.12 bits per heavy atom. The molecule has 0 atom stereocenters. The van der Waals surface area contributed by atoms with Gasteiger partial charge in [0.1, 0.15) is 11.2 Å². The molecular formula is C17H17IN4O2S. The number of methoxy groups -OCH3 is 1. The first-order valence-electron chi connectivity index (χ1n) is 7.59. The third-order valence-corrected chi connectivity index (χ3v) is 5.74. The van der Waals surface area contributed by atoms with Crippen molar-refractivity contribution in [2.45, 2.75) is 19.8 Å². The van der Waals surface area contributed by atoms with Crippen LogP contribution < -0.4 is 10.2 Å². The van der Waals surface area contributed by atoms with Crippen LogP contribution in [0.25, 0.3) is 10.2 Å². The summed E-state index contributed by atoms with van der Waals surface area (Å²) < 4.78 is 5.85. The van der Waals surface area contributed by atoms with Gasteiger partial charge in [0.2, 0.25) is 0 Å². The van der Waals surface area contributed by atoms with Gasteiger partial charge >= 0.3 is 0 Å². The third kappa shape index (κ3) is 3.84. The Morgan fingerprint density at radius 3 is 2.84 bits per heavy atom. The number of hydrogen-bond acceptors (Lipinski definition) is 7. The summed E-state index contributed by atoms with van der Waals surface area (Å²) in [6.07, 6.45) is 3.20. The molecule has 0 aliphatic carbocycles. The molecule has 2 heterocycles. The third-order valence-electron chi connectivity index (χ3n) is 3.57. The van der Waals surface area contributed by atoms with Gasteiger partial charge in [-0.05, 0) is 52.3 Å². The van der Waals surface area contributed by atoms with E-state index in [1.807, 2.05) is 6.07 Å². The van der Waals surface area contributed by atoms with Crippen molar-refractivity contribution in [2.24, 2.45) is 5.10 Å². The predicted octanol–water partition coefficient (Wildman–Crippen LogP) is 4.58. The molecule has 0 unspecified atom stereocenters. The van der Waals surface area contributed by atoms with Gasteiger partial charge < -0.3 is 9.84 Å². The lowest BCUT2D eigenvalue weighted by atomic mass is 10.2. The van der Waals surface area contributed by atoms with Crippen LogP contribution in [0.2, 0.25) is 0 Å². The maximum atomic E-state index is 9.88. The molecule has 2 aromatic heterocycles. The lowest BCUT2D eigenvalue weighted by Gasteiger charge is -2.06. The quantitative estimate of drug-likeness (QED) is 0.326. The van der Waals surface area contributed by atoms with Crippen molar-refractivity contribution in [2.75, 3.05) is 12.5 Å². The van der Waals surface area contributed by atoms with E-state index in [2.05, 4.69) is 63.0 Å². The minimum atomic E-state index is 0.130. The zero-order valence-corrected chi connectivity index (χ0v) is 16.9. The van der Waals surface area contributed by atoms with Crippen molar-refractivity contribution < 1.29 is 9.84 Å². The molecule has 0 fully saturated rings. The van der Waals surface area contributed by atoms with Gasteiger partial charge in [-0.3, -0.25) is 5.43 Å². The highest BCUT2D eigenvalue weighted by Crippen LogP contribution is 2.33. The summed E-state index contributed by atoms with van der Waals surface area (Å²) in [4.78, 5) is 10.8. The molecule has 0 aliphatic rings. The highest BCUT2D eigenvalue weighted by molar-refractivity contribution is 14.1. The smallest absolute Gasteiger partial charge is 0.171 e. The number of thiophene rings is 1. The predicted molar refractivity (Wildman–Crippen MR) is 110 cm³/mol.